The summed E-state index contributed by atoms with van der Waals surface area (Å²) in [7, 11) is 1.65. The van der Waals surface area contributed by atoms with E-state index in [1.807, 2.05) is 32.0 Å². The van der Waals surface area contributed by atoms with Crippen molar-refractivity contribution in [3.63, 3.8) is 0 Å². The molecule has 0 saturated carbocycles. The van der Waals surface area contributed by atoms with Crippen molar-refractivity contribution in [2.75, 3.05) is 17.7 Å². The lowest BCUT2D eigenvalue weighted by Crippen LogP contribution is -2.31. The first-order valence-corrected chi connectivity index (χ1v) is 11.6. The van der Waals surface area contributed by atoms with Crippen molar-refractivity contribution < 1.29 is 14.0 Å². The first kappa shape index (κ1) is 23.2. The van der Waals surface area contributed by atoms with Crippen molar-refractivity contribution in [2.24, 2.45) is 0 Å². The van der Waals surface area contributed by atoms with Crippen LogP contribution in [0.3, 0.4) is 0 Å². The third-order valence-electron chi connectivity index (χ3n) is 5.46. The van der Waals surface area contributed by atoms with Gasteiger partial charge >= 0.3 is 0 Å². The Morgan fingerprint density at radius 3 is 2.71 bits per heavy atom. The minimum absolute atomic E-state index is 0.101. The van der Waals surface area contributed by atoms with Crippen molar-refractivity contribution in [3.8, 4) is 5.69 Å². The molecule has 0 atom stereocenters. The number of amides is 2. The van der Waals surface area contributed by atoms with Crippen LogP contribution in [0.4, 0.5) is 5.69 Å². The molecule has 4 rings (SSSR count). The molecule has 34 heavy (non-hydrogen) atoms. The van der Waals surface area contributed by atoms with Gasteiger partial charge in [0.15, 0.2) is 0 Å². The fourth-order valence-electron chi connectivity index (χ4n) is 3.38. The standard InChI is InChI=1S/C24H24N6O3S/c1-16-8-6-12-20(17(16)2)30-24(26-27-28-30)34-15-22(31)29(3)21-11-5-4-10-19(21)23(32)25-14-18-9-7-13-33-18/h4-13H,14-15H2,1-3H3,(H,25,32). The number of aromatic nitrogens is 4. The summed E-state index contributed by atoms with van der Waals surface area (Å²) in [5.74, 6) is 0.266. The molecule has 0 fully saturated rings. The van der Waals surface area contributed by atoms with Crippen LogP contribution in [0.15, 0.2) is 70.4 Å². The number of aryl methyl sites for hydroxylation is 1. The predicted octanol–water partition coefficient (Wildman–Crippen LogP) is 3.56. The van der Waals surface area contributed by atoms with Crippen LogP contribution in [0, 0.1) is 13.8 Å². The number of carbonyl (C=O) groups is 2. The average Bonchev–Trinajstić information content (AvgIpc) is 3.54. The molecule has 2 heterocycles. The van der Waals surface area contributed by atoms with Crippen LogP contribution in [-0.4, -0.2) is 44.8 Å². The number of thioether (sulfide) groups is 1. The van der Waals surface area contributed by atoms with E-state index >= 15 is 0 Å². The zero-order valence-corrected chi connectivity index (χ0v) is 19.9. The Hall–Kier alpha value is -3.92. The molecule has 2 amide bonds. The first-order chi connectivity index (χ1) is 16.5. The van der Waals surface area contributed by atoms with E-state index in [-0.39, 0.29) is 24.1 Å². The lowest BCUT2D eigenvalue weighted by molar-refractivity contribution is -0.115. The summed E-state index contributed by atoms with van der Waals surface area (Å²) in [6.45, 7) is 4.29. The number of benzene rings is 2. The molecule has 174 valence electrons. The maximum atomic E-state index is 13.0. The maximum absolute atomic E-state index is 13.0. The van der Waals surface area contributed by atoms with Crippen molar-refractivity contribution >= 4 is 29.3 Å². The summed E-state index contributed by atoms with van der Waals surface area (Å²) in [6, 6.07) is 16.4. The molecule has 0 aliphatic heterocycles. The highest BCUT2D eigenvalue weighted by atomic mass is 32.2. The Bertz CT molecular complexity index is 1300. The summed E-state index contributed by atoms with van der Waals surface area (Å²) in [5.41, 5.74) is 3.97. The first-order valence-electron chi connectivity index (χ1n) is 10.6. The Kier molecular flexibility index (Phi) is 7.07. The summed E-state index contributed by atoms with van der Waals surface area (Å²) in [5, 5.41) is 15.3. The molecule has 0 bridgehead atoms. The molecule has 0 radical (unpaired) electrons. The van der Waals surface area contributed by atoms with Gasteiger partial charge in [-0.3, -0.25) is 9.59 Å². The van der Waals surface area contributed by atoms with Crippen LogP contribution in [0.1, 0.15) is 27.2 Å². The third kappa shape index (κ3) is 5.01. The highest BCUT2D eigenvalue weighted by Crippen LogP contribution is 2.24. The minimum Gasteiger partial charge on any atom is -0.467 e. The maximum Gasteiger partial charge on any atom is 0.253 e. The highest BCUT2D eigenvalue weighted by molar-refractivity contribution is 7.99. The summed E-state index contributed by atoms with van der Waals surface area (Å²) >= 11 is 1.24. The van der Waals surface area contributed by atoms with Crippen molar-refractivity contribution in [2.45, 2.75) is 25.5 Å². The quantitative estimate of drug-likeness (QED) is 0.388. The molecular weight excluding hydrogens is 452 g/mol. The molecule has 10 heteroatoms. The average molecular weight is 477 g/mol. The Morgan fingerprint density at radius 2 is 1.91 bits per heavy atom. The van der Waals surface area contributed by atoms with Crippen LogP contribution >= 0.6 is 11.8 Å². The molecule has 2 aromatic heterocycles. The zero-order valence-electron chi connectivity index (χ0n) is 19.1. The van der Waals surface area contributed by atoms with Gasteiger partial charge in [-0.15, -0.1) is 5.10 Å². The number of nitrogens with one attached hydrogen (secondary N) is 1. The second kappa shape index (κ2) is 10.3. The number of rotatable bonds is 8. The van der Waals surface area contributed by atoms with Gasteiger partial charge in [-0.2, -0.15) is 4.68 Å². The number of nitrogens with zero attached hydrogens (tertiary/aromatic N) is 5. The minimum atomic E-state index is -0.293. The van der Waals surface area contributed by atoms with Crippen LogP contribution in [0.25, 0.3) is 5.69 Å². The Balaban J connectivity index is 1.45. The normalized spacial score (nSPS) is 10.8. The van der Waals surface area contributed by atoms with E-state index in [1.54, 1.807) is 54.4 Å². The monoisotopic (exact) mass is 476 g/mol. The second-order valence-electron chi connectivity index (χ2n) is 7.61. The SMILES string of the molecule is Cc1cccc(-n2nnnc2SCC(=O)N(C)c2ccccc2C(=O)NCc2ccco2)c1C. The van der Waals surface area contributed by atoms with Crippen molar-refractivity contribution in [1.82, 2.24) is 25.5 Å². The number of furan rings is 1. The molecule has 4 aromatic rings. The zero-order chi connectivity index (χ0) is 24.1. The van der Waals surface area contributed by atoms with Gasteiger partial charge < -0.3 is 14.6 Å². The van der Waals surface area contributed by atoms with Crippen LogP contribution < -0.4 is 10.2 Å². The molecular formula is C24H24N6O3S. The van der Waals surface area contributed by atoms with E-state index < -0.39 is 0 Å². The van der Waals surface area contributed by atoms with E-state index in [1.165, 1.54) is 16.7 Å². The molecule has 0 aliphatic rings. The van der Waals surface area contributed by atoms with E-state index in [0.717, 1.165) is 16.8 Å². The molecule has 2 aromatic carbocycles. The molecule has 0 aliphatic carbocycles. The molecule has 0 unspecified atom stereocenters. The number of hydrogen-bond acceptors (Lipinski definition) is 7. The van der Waals surface area contributed by atoms with Gasteiger partial charge in [-0.1, -0.05) is 36.0 Å². The number of carbonyl (C=O) groups excluding carboxylic acids is 2. The molecule has 1 N–H and O–H groups in total. The van der Waals surface area contributed by atoms with Crippen LogP contribution in [0.5, 0.6) is 0 Å². The van der Waals surface area contributed by atoms with E-state index in [4.69, 9.17) is 4.42 Å². The summed E-state index contributed by atoms with van der Waals surface area (Å²) in [6.07, 6.45) is 1.55. The van der Waals surface area contributed by atoms with Gasteiger partial charge in [-0.25, -0.2) is 0 Å². The molecule has 9 nitrogen and oxygen atoms in total. The Morgan fingerprint density at radius 1 is 1.09 bits per heavy atom. The smallest absolute Gasteiger partial charge is 0.253 e. The van der Waals surface area contributed by atoms with Crippen LogP contribution in [0.2, 0.25) is 0 Å². The Labute approximate surface area is 201 Å². The van der Waals surface area contributed by atoms with Crippen molar-refractivity contribution in [1.29, 1.82) is 0 Å². The fraction of sp³-hybridized carbons (Fsp3) is 0.208. The van der Waals surface area contributed by atoms with Gasteiger partial charge in [-0.05, 0) is 65.7 Å². The van der Waals surface area contributed by atoms with Crippen molar-refractivity contribution in [3.05, 3.63) is 83.3 Å². The highest BCUT2D eigenvalue weighted by Gasteiger charge is 2.20. The summed E-state index contributed by atoms with van der Waals surface area (Å²) < 4.78 is 6.89. The summed E-state index contributed by atoms with van der Waals surface area (Å²) in [4.78, 5) is 27.2. The largest absolute Gasteiger partial charge is 0.467 e. The molecule has 0 saturated heterocycles. The second-order valence-corrected chi connectivity index (χ2v) is 8.56. The topological polar surface area (TPSA) is 106 Å². The van der Waals surface area contributed by atoms with E-state index in [2.05, 4.69) is 20.8 Å². The van der Waals surface area contributed by atoms with Crippen LogP contribution in [-0.2, 0) is 11.3 Å². The van der Waals surface area contributed by atoms with Gasteiger partial charge in [0.1, 0.15) is 5.76 Å². The predicted molar refractivity (Wildman–Crippen MR) is 129 cm³/mol. The third-order valence-corrected chi connectivity index (χ3v) is 6.36. The number of hydrogen-bond donors (Lipinski definition) is 1. The lowest BCUT2D eigenvalue weighted by atomic mass is 10.1. The lowest BCUT2D eigenvalue weighted by Gasteiger charge is -2.20. The van der Waals surface area contributed by atoms with Gasteiger partial charge in [0.05, 0.1) is 35.5 Å². The van der Waals surface area contributed by atoms with Gasteiger partial charge in [0, 0.05) is 7.05 Å². The van der Waals surface area contributed by atoms with Gasteiger partial charge in [0.2, 0.25) is 11.1 Å². The number of tetrazole rings is 1. The fourth-order valence-corrected chi connectivity index (χ4v) is 4.17. The number of anilines is 1. The van der Waals surface area contributed by atoms with E-state index in [9.17, 15) is 9.59 Å². The number of para-hydroxylation sites is 1. The molecule has 0 spiro atoms. The van der Waals surface area contributed by atoms with Gasteiger partial charge in [0.25, 0.3) is 5.91 Å². The van der Waals surface area contributed by atoms with E-state index in [0.29, 0.717) is 22.2 Å².